The van der Waals surface area contributed by atoms with Gasteiger partial charge in [-0.3, -0.25) is 10.9 Å². The lowest BCUT2D eigenvalue weighted by Gasteiger charge is -2.21. The molecule has 3 rings (SSSR count). The molecule has 2 aromatic rings. The molecule has 0 amide bonds. The Labute approximate surface area is 165 Å². The third-order valence-electron chi connectivity index (χ3n) is 4.86. The average molecular weight is 386 g/mol. The Morgan fingerprint density at radius 3 is 2.57 bits per heavy atom. The molecule has 5 heteroatoms. The molecular weight excluding hydrogens is 358 g/mol. The van der Waals surface area contributed by atoms with Gasteiger partial charge < -0.3 is 4.74 Å². The molecule has 1 aliphatic carbocycles. The summed E-state index contributed by atoms with van der Waals surface area (Å²) in [7, 11) is 0. The van der Waals surface area contributed by atoms with E-state index in [1.165, 1.54) is 5.56 Å². The van der Waals surface area contributed by atoms with Crippen molar-refractivity contribution < 1.29 is 13.5 Å². The van der Waals surface area contributed by atoms with E-state index in [1.807, 2.05) is 24.3 Å². The van der Waals surface area contributed by atoms with E-state index in [0.717, 1.165) is 23.2 Å². The fourth-order valence-corrected chi connectivity index (χ4v) is 3.38. The van der Waals surface area contributed by atoms with Gasteiger partial charge in [0.15, 0.2) is 0 Å². The summed E-state index contributed by atoms with van der Waals surface area (Å²) in [5.74, 6) is 1.05. The van der Waals surface area contributed by atoms with Crippen molar-refractivity contribution in [2.24, 2.45) is 5.92 Å². The number of alkyl halides is 2. The zero-order valence-electron chi connectivity index (χ0n) is 16.6. The van der Waals surface area contributed by atoms with Crippen molar-refractivity contribution in [2.45, 2.75) is 39.2 Å². The van der Waals surface area contributed by atoms with Gasteiger partial charge in [-0.2, -0.15) is 0 Å². The topological polar surface area (TPSA) is 33.3 Å². The number of allylic oxidation sites excluding steroid dienone is 1. The number of hydrazine groups is 1. The minimum atomic E-state index is -2.50. The number of benzene rings is 2. The molecule has 0 aromatic heterocycles. The summed E-state index contributed by atoms with van der Waals surface area (Å²) < 4.78 is 30.9. The van der Waals surface area contributed by atoms with Crippen LogP contribution in [0.2, 0.25) is 0 Å². The lowest BCUT2D eigenvalue weighted by Crippen LogP contribution is -2.36. The standard InChI is InChI=1S/C23H28F2N2O/c1-15(2)13-26-27-16(3)18-9-11-22(28-14-23(24)25)21(12-18)20-10-8-17-6-4-5-7-19(17)20/h4-12,15-16,20,23,26-27H,13-14H2,1-3H3. The van der Waals surface area contributed by atoms with Crippen LogP contribution in [-0.2, 0) is 0 Å². The summed E-state index contributed by atoms with van der Waals surface area (Å²) in [5.41, 5.74) is 10.9. The van der Waals surface area contributed by atoms with Crippen molar-refractivity contribution in [2.75, 3.05) is 13.2 Å². The van der Waals surface area contributed by atoms with Crippen molar-refractivity contribution in [3.63, 3.8) is 0 Å². The molecule has 0 bridgehead atoms. The van der Waals surface area contributed by atoms with E-state index in [0.29, 0.717) is 11.7 Å². The summed E-state index contributed by atoms with van der Waals surface area (Å²) in [6.07, 6.45) is 1.68. The predicted molar refractivity (Wildman–Crippen MR) is 110 cm³/mol. The van der Waals surface area contributed by atoms with Crippen LogP contribution in [-0.4, -0.2) is 19.6 Å². The van der Waals surface area contributed by atoms with E-state index in [2.05, 4.69) is 62.0 Å². The SMILES string of the molecule is CC(C)CNNC(C)c1ccc(OCC(F)F)c(C2C=Cc3ccccc32)c1. The van der Waals surface area contributed by atoms with Crippen LogP contribution < -0.4 is 15.6 Å². The van der Waals surface area contributed by atoms with Crippen molar-refractivity contribution in [3.8, 4) is 5.75 Å². The van der Waals surface area contributed by atoms with Gasteiger partial charge >= 0.3 is 0 Å². The highest BCUT2D eigenvalue weighted by atomic mass is 19.3. The van der Waals surface area contributed by atoms with Gasteiger partial charge in [0.2, 0.25) is 0 Å². The monoisotopic (exact) mass is 386 g/mol. The van der Waals surface area contributed by atoms with Gasteiger partial charge in [-0.05, 0) is 41.7 Å². The highest BCUT2D eigenvalue weighted by Gasteiger charge is 2.23. The molecule has 0 aliphatic heterocycles. The summed E-state index contributed by atoms with van der Waals surface area (Å²) in [4.78, 5) is 0. The Morgan fingerprint density at radius 1 is 1.04 bits per heavy atom. The Morgan fingerprint density at radius 2 is 1.82 bits per heavy atom. The van der Waals surface area contributed by atoms with Gasteiger partial charge in [0.25, 0.3) is 6.43 Å². The van der Waals surface area contributed by atoms with Crippen LogP contribution in [0.5, 0.6) is 5.75 Å². The molecule has 2 unspecified atom stereocenters. The van der Waals surface area contributed by atoms with Crippen molar-refractivity contribution in [3.05, 3.63) is 70.8 Å². The number of hydrogen-bond donors (Lipinski definition) is 2. The first-order chi connectivity index (χ1) is 13.5. The van der Waals surface area contributed by atoms with Crippen molar-refractivity contribution in [1.82, 2.24) is 10.9 Å². The first-order valence-electron chi connectivity index (χ1n) is 9.76. The number of rotatable bonds is 9. The van der Waals surface area contributed by atoms with Gasteiger partial charge in [0.1, 0.15) is 12.4 Å². The summed E-state index contributed by atoms with van der Waals surface area (Å²) in [6, 6.07) is 14.0. The highest BCUT2D eigenvalue weighted by Crippen LogP contribution is 2.40. The Hall–Kier alpha value is -2.24. The van der Waals surface area contributed by atoms with Crippen LogP contribution in [0, 0.1) is 5.92 Å². The quantitative estimate of drug-likeness (QED) is 0.574. The second-order valence-electron chi connectivity index (χ2n) is 7.61. The maximum atomic E-state index is 12.7. The Kier molecular flexibility index (Phi) is 6.81. The second-order valence-corrected chi connectivity index (χ2v) is 7.61. The van der Waals surface area contributed by atoms with Gasteiger partial charge in [0, 0.05) is 24.1 Å². The predicted octanol–water partition coefficient (Wildman–Crippen LogP) is 5.30. The minimum absolute atomic E-state index is 0.000328. The molecule has 0 spiro atoms. The normalized spacial score (nSPS) is 16.6. The van der Waals surface area contributed by atoms with E-state index in [-0.39, 0.29) is 12.0 Å². The molecule has 0 heterocycles. The molecule has 28 heavy (non-hydrogen) atoms. The average Bonchev–Trinajstić information content (AvgIpc) is 3.09. The van der Waals surface area contributed by atoms with Gasteiger partial charge in [0.05, 0.1) is 0 Å². The first-order valence-corrected chi connectivity index (χ1v) is 9.76. The Balaban J connectivity index is 1.88. The molecule has 2 N–H and O–H groups in total. The van der Waals surface area contributed by atoms with Gasteiger partial charge in [-0.15, -0.1) is 0 Å². The Bertz CT molecular complexity index is 820. The third kappa shape index (κ3) is 4.97. The zero-order valence-corrected chi connectivity index (χ0v) is 16.6. The molecule has 3 nitrogen and oxygen atoms in total. The van der Waals surface area contributed by atoms with E-state index >= 15 is 0 Å². The molecule has 1 aliphatic rings. The molecule has 2 aromatic carbocycles. The first kappa shape index (κ1) is 20.5. The molecule has 0 fully saturated rings. The van der Waals surface area contributed by atoms with Crippen LogP contribution in [0.1, 0.15) is 55.0 Å². The molecule has 150 valence electrons. The van der Waals surface area contributed by atoms with Crippen molar-refractivity contribution in [1.29, 1.82) is 0 Å². The highest BCUT2D eigenvalue weighted by molar-refractivity contribution is 5.66. The number of halogens is 2. The number of fused-ring (bicyclic) bond motifs is 1. The number of nitrogens with one attached hydrogen (secondary N) is 2. The van der Waals surface area contributed by atoms with E-state index < -0.39 is 13.0 Å². The van der Waals surface area contributed by atoms with Crippen LogP contribution >= 0.6 is 0 Å². The molecule has 0 saturated heterocycles. The maximum Gasteiger partial charge on any atom is 0.272 e. The van der Waals surface area contributed by atoms with Gasteiger partial charge in [-0.1, -0.05) is 56.3 Å². The summed E-state index contributed by atoms with van der Waals surface area (Å²) >= 11 is 0. The van der Waals surface area contributed by atoms with E-state index in [9.17, 15) is 8.78 Å². The van der Waals surface area contributed by atoms with Crippen LogP contribution in [0.3, 0.4) is 0 Å². The van der Waals surface area contributed by atoms with E-state index in [4.69, 9.17) is 4.74 Å². The van der Waals surface area contributed by atoms with E-state index in [1.54, 1.807) is 0 Å². The minimum Gasteiger partial charge on any atom is -0.487 e. The molecular formula is C23H28F2N2O. The summed E-state index contributed by atoms with van der Waals surface area (Å²) in [6.45, 7) is 6.64. The second kappa shape index (κ2) is 9.30. The smallest absolute Gasteiger partial charge is 0.272 e. The van der Waals surface area contributed by atoms with Crippen LogP contribution in [0.25, 0.3) is 6.08 Å². The largest absolute Gasteiger partial charge is 0.487 e. The number of hydrogen-bond acceptors (Lipinski definition) is 3. The summed E-state index contributed by atoms with van der Waals surface area (Å²) in [5, 5.41) is 0. The van der Waals surface area contributed by atoms with Crippen LogP contribution in [0.4, 0.5) is 8.78 Å². The maximum absolute atomic E-state index is 12.7. The lowest BCUT2D eigenvalue weighted by atomic mass is 9.90. The fraction of sp³-hybridized carbons (Fsp3) is 0.391. The molecule has 0 radical (unpaired) electrons. The van der Waals surface area contributed by atoms with Crippen LogP contribution in [0.15, 0.2) is 48.5 Å². The number of ether oxygens (including phenoxy) is 1. The molecule has 2 atom stereocenters. The fourth-order valence-electron chi connectivity index (χ4n) is 3.38. The third-order valence-corrected chi connectivity index (χ3v) is 4.86. The zero-order chi connectivity index (χ0) is 20.1. The molecule has 0 saturated carbocycles. The lowest BCUT2D eigenvalue weighted by molar-refractivity contribution is 0.0814. The van der Waals surface area contributed by atoms with Gasteiger partial charge in [-0.25, -0.2) is 8.78 Å². The van der Waals surface area contributed by atoms with Crippen molar-refractivity contribution >= 4 is 6.08 Å².